The highest BCUT2D eigenvalue weighted by molar-refractivity contribution is 5.91. The first-order valence-corrected chi connectivity index (χ1v) is 10.1. The van der Waals surface area contributed by atoms with E-state index in [0.29, 0.717) is 13.0 Å². The second-order valence-corrected chi connectivity index (χ2v) is 6.88. The fourth-order valence-corrected chi connectivity index (χ4v) is 3.46. The van der Waals surface area contributed by atoms with Crippen LogP contribution in [0.1, 0.15) is 25.8 Å². The van der Waals surface area contributed by atoms with Crippen LogP contribution in [-0.4, -0.2) is 37.1 Å². The molecule has 2 aromatic carbocycles. The summed E-state index contributed by atoms with van der Waals surface area (Å²) in [5.74, 6) is 0.0372. The van der Waals surface area contributed by atoms with Crippen LogP contribution in [0.25, 0.3) is 10.9 Å². The standard InChI is InChI=1S/C23H30N4O/c1-3-27(4-2)20-11-9-19(10-12-20)26-23(28)14-16-24-15-13-18-17-25-22-8-6-5-7-21(18)22/h5-12,17,24-25H,3-4,13-16H2,1-2H3,(H,26,28). The lowest BCUT2D eigenvalue weighted by Crippen LogP contribution is -2.24. The van der Waals surface area contributed by atoms with Gasteiger partial charge >= 0.3 is 0 Å². The van der Waals surface area contributed by atoms with Crippen LogP contribution in [0.2, 0.25) is 0 Å². The first-order valence-electron chi connectivity index (χ1n) is 10.1. The minimum absolute atomic E-state index is 0.0372. The molecule has 0 aliphatic rings. The van der Waals surface area contributed by atoms with Gasteiger partial charge in [0.1, 0.15) is 0 Å². The minimum atomic E-state index is 0.0372. The summed E-state index contributed by atoms with van der Waals surface area (Å²) in [5, 5.41) is 7.61. The van der Waals surface area contributed by atoms with E-state index in [1.165, 1.54) is 22.2 Å². The maximum Gasteiger partial charge on any atom is 0.225 e. The maximum atomic E-state index is 12.1. The van der Waals surface area contributed by atoms with E-state index in [1.807, 2.05) is 18.2 Å². The highest BCUT2D eigenvalue weighted by Crippen LogP contribution is 2.18. The molecule has 0 atom stereocenters. The van der Waals surface area contributed by atoms with Crippen molar-refractivity contribution in [2.24, 2.45) is 0 Å². The SMILES string of the molecule is CCN(CC)c1ccc(NC(=O)CCNCCc2c[nH]c3ccccc23)cc1. The highest BCUT2D eigenvalue weighted by atomic mass is 16.1. The Hall–Kier alpha value is -2.79. The van der Waals surface area contributed by atoms with Crippen molar-refractivity contribution >= 4 is 28.2 Å². The van der Waals surface area contributed by atoms with E-state index in [1.54, 1.807) is 0 Å². The summed E-state index contributed by atoms with van der Waals surface area (Å²) >= 11 is 0. The molecule has 5 heteroatoms. The summed E-state index contributed by atoms with van der Waals surface area (Å²) in [5.41, 5.74) is 4.51. The monoisotopic (exact) mass is 378 g/mol. The number of hydrogen-bond donors (Lipinski definition) is 3. The number of benzene rings is 2. The van der Waals surface area contributed by atoms with Gasteiger partial charge in [-0.3, -0.25) is 4.79 Å². The third-order valence-electron chi connectivity index (χ3n) is 5.05. The van der Waals surface area contributed by atoms with Crippen LogP contribution in [0.5, 0.6) is 0 Å². The van der Waals surface area contributed by atoms with Crippen molar-refractivity contribution in [3.05, 3.63) is 60.3 Å². The number of hydrogen-bond acceptors (Lipinski definition) is 3. The third-order valence-corrected chi connectivity index (χ3v) is 5.05. The molecule has 1 heterocycles. The van der Waals surface area contributed by atoms with Gasteiger partial charge in [-0.05, 0) is 62.7 Å². The predicted octanol–water partition coefficient (Wildman–Crippen LogP) is 4.18. The van der Waals surface area contributed by atoms with Crippen molar-refractivity contribution < 1.29 is 4.79 Å². The Morgan fingerprint density at radius 3 is 2.50 bits per heavy atom. The maximum absolute atomic E-state index is 12.1. The lowest BCUT2D eigenvalue weighted by molar-refractivity contribution is -0.116. The number of rotatable bonds is 10. The molecule has 0 radical (unpaired) electrons. The van der Waals surface area contributed by atoms with Crippen molar-refractivity contribution in [3.63, 3.8) is 0 Å². The second kappa shape index (κ2) is 9.95. The zero-order valence-corrected chi connectivity index (χ0v) is 16.8. The van der Waals surface area contributed by atoms with Gasteiger partial charge in [-0.25, -0.2) is 0 Å². The average molecular weight is 379 g/mol. The molecule has 1 aromatic heterocycles. The molecule has 0 spiro atoms. The predicted molar refractivity (Wildman–Crippen MR) is 118 cm³/mol. The molecule has 0 aliphatic carbocycles. The molecule has 3 aromatic rings. The molecule has 5 nitrogen and oxygen atoms in total. The summed E-state index contributed by atoms with van der Waals surface area (Å²) in [4.78, 5) is 17.7. The Labute approximate surface area is 167 Å². The summed E-state index contributed by atoms with van der Waals surface area (Å²) in [6.07, 6.45) is 3.48. The zero-order valence-electron chi connectivity index (χ0n) is 16.8. The summed E-state index contributed by atoms with van der Waals surface area (Å²) in [6.45, 7) is 7.77. The van der Waals surface area contributed by atoms with Gasteiger partial charge in [0.2, 0.25) is 5.91 Å². The molecule has 0 aliphatic heterocycles. The number of aromatic nitrogens is 1. The van der Waals surface area contributed by atoms with Gasteiger partial charge < -0.3 is 20.5 Å². The number of H-pyrrole nitrogens is 1. The van der Waals surface area contributed by atoms with E-state index < -0.39 is 0 Å². The van der Waals surface area contributed by atoms with Gasteiger partial charge in [0.05, 0.1) is 0 Å². The quantitative estimate of drug-likeness (QED) is 0.464. The summed E-state index contributed by atoms with van der Waals surface area (Å²) in [7, 11) is 0. The highest BCUT2D eigenvalue weighted by Gasteiger charge is 2.05. The van der Waals surface area contributed by atoms with E-state index in [-0.39, 0.29) is 5.91 Å². The summed E-state index contributed by atoms with van der Waals surface area (Å²) < 4.78 is 0. The van der Waals surface area contributed by atoms with Crippen molar-refractivity contribution in [1.82, 2.24) is 10.3 Å². The Balaban J connectivity index is 1.37. The van der Waals surface area contributed by atoms with Crippen LogP contribution in [0.15, 0.2) is 54.7 Å². The minimum Gasteiger partial charge on any atom is -0.372 e. The molecule has 148 valence electrons. The third kappa shape index (κ3) is 5.14. The number of carbonyl (C=O) groups excluding carboxylic acids is 1. The number of nitrogens with zero attached hydrogens (tertiary/aromatic N) is 1. The number of fused-ring (bicyclic) bond motifs is 1. The second-order valence-electron chi connectivity index (χ2n) is 6.88. The average Bonchev–Trinajstić information content (AvgIpc) is 3.13. The van der Waals surface area contributed by atoms with Crippen LogP contribution in [0.3, 0.4) is 0 Å². The molecule has 28 heavy (non-hydrogen) atoms. The smallest absolute Gasteiger partial charge is 0.225 e. The van der Waals surface area contributed by atoms with Gasteiger partial charge in [0.15, 0.2) is 0 Å². The number of nitrogens with one attached hydrogen (secondary N) is 3. The van der Waals surface area contributed by atoms with E-state index in [0.717, 1.165) is 31.7 Å². The van der Waals surface area contributed by atoms with E-state index in [9.17, 15) is 4.79 Å². The number of anilines is 2. The Morgan fingerprint density at radius 2 is 1.75 bits per heavy atom. The lowest BCUT2D eigenvalue weighted by atomic mass is 10.1. The Morgan fingerprint density at radius 1 is 1.00 bits per heavy atom. The van der Waals surface area contributed by atoms with Gasteiger partial charge in [0, 0.05) is 54.5 Å². The van der Waals surface area contributed by atoms with E-state index >= 15 is 0 Å². The molecule has 1 amide bonds. The number of amides is 1. The molecular weight excluding hydrogens is 348 g/mol. The van der Waals surface area contributed by atoms with Gasteiger partial charge in [-0.1, -0.05) is 18.2 Å². The van der Waals surface area contributed by atoms with Gasteiger partial charge in [-0.15, -0.1) is 0 Å². The Kier molecular flexibility index (Phi) is 7.09. The normalized spacial score (nSPS) is 10.9. The molecule has 0 bridgehead atoms. The number of aromatic amines is 1. The Bertz CT molecular complexity index is 881. The number of carbonyl (C=O) groups is 1. The molecule has 3 N–H and O–H groups in total. The van der Waals surface area contributed by atoms with Crippen molar-refractivity contribution in [2.75, 3.05) is 36.4 Å². The molecule has 0 fully saturated rings. The van der Waals surface area contributed by atoms with Gasteiger partial charge in [0.25, 0.3) is 0 Å². The van der Waals surface area contributed by atoms with Crippen LogP contribution >= 0.6 is 0 Å². The topological polar surface area (TPSA) is 60.2 Å². The van der Waals surface area contributed by atoms with Crippen molar-refractivity contribution in [2.45, 2.75) is 26.7 Å². The first kappa shape index (κ1) is 20.0. The van der Waals surface area contributed by atoms with E-state index in [2.05, 4.69) is 70.9 Å². The fourth-order valence-electron chi connectivity index (χ4n) is 3.46. The molecule has 0 unspecified atom stereocenters. The summed E-state index contributed by atoms with van der Waals surface area (Å²) in [6, 6.07) is 16.4. The molecule has 0 saturated heterocycles. The van der Waals surface area contributed by atoms with Crippen molar-refractivity contribution in [1.29, 1.82) is 0 Å². The van der Waals surface area contributed by atoms with Crippen LogP contribution in [0.4, 0.5) is 11.4 Å². The van der Waals surface area contributed by atoms with E-state index in [4.69, 9.17) is 0 Å². The zero-order chi connectivity index (χ0) is 19.8. The molecular formula is C23H30N4O. The van der Waals surface area contributed by atoms with Crippen LogP contribution in [0, 0.1) is 0 Å². The fraction of sp³-hybridized carbons (Fsp3) is 0.348. The van der Waals surface area contributed by atoms with Gasteiger partial charge in [-0.2, -0.15) is 0 Å². The van der Waals surface area contributed by atoms with Crippen molar-refractivity contribution in [3.8, 4) is 0 Å². The van der Waals surface area contributed by atoms with Crippen LogP contribution < -0.4 is 15.5 Å². The van der Waals surface area contributed by atoms with Crippen LogP contribution in [-0.2, 0) is 11.2 Å². The first-order chi connectivity index (χ1) is 13.7. The molecule has 0 saturated carbocycles. The molecule has 3 rings (SSSR count). The lowest BCUT2D eigenvalue weighted by Gasteiger charge is -2.21. The largest absolute Gasteiger partial charge is 0.372 e. The number of para-hydroxylation sites is 1.